The molecule has 6 nitrogen and oxygen atoms in total. The van der Waals surface area contributed by atoms with E-state index < -0.39 is 10.3 Å². The van der Waals surface area contributed by atoms with Crippen LogP contribution in [0.4, 0.5) is 5.69 Å². The van der Waals surface area contributed by atoms with Gasteiger partial charge in [-0.1, -0.05) is 0 Å². The molecule has 0 saturated carbocycles. The van der Waals surface area contributed by atoms with E-state index in [0.29, 0.717) is 11.3 Å². The molecule has 0 amide bonds. The van der Waals surface area contributed by atoms with E-state index in [4.69, 9.17) is 10.00 Å². The summed E-state index contributed by atoms with van der Waals surface area (Å²) in [5.41, 5.74) is -0.802. The molecule has 0 aliphatic rings. The highest BCUT2D eigenvalue weighted by molar-refractivity contribution is 5.85. The first-order chi connectivity index (χ1) is 8.82. The van der Waals surface area contributed by atoms with Crippen molar-refractivity contribution in [3.05, 3.63) is 33.9 Å². The number of ether oxygens (including phenoxy) is 1. The zero-order chi connectivity index (χ0) is 14.6. The van der Waals surface area contributed by atoms with Gasteiger partial charge in [-0.2, -0.15) is 5.26 Å². The first-order valence-electron chi connectivity index (χ1n) is 5.57. The molecule has 0 aliphatic heterocycles. The number of carbonyl (C=O) groups is 1. The van der Waals surface area contributed by atoms with E-state index in [0.717, 1.165) is 0 Å². The van der Waals surface area contributed by atoms with E-state index in [1.54, 1.807) is 6.07 Å². The lowest BCUT2D eigenvalue weighted by atomic mass is 9.81. The highest BCUT2D eigenvalue weighted by Gasteiger charge is 2.30. The van der Waals surface area contributed by atoms with Crippen molar-refractivity contribution in [1.29, 1.82) is 5.26 Å². The van der Waals surface area contributed by atoms with Crippen LogP contribution in [0.5, 0.6) is 5.75 Å². The van der Waals surface area contributed by atoms with Gasteiger partial charge in [0.2, 0.25) is 0 Å². The van der Waals surface area contributed by atoms with Gasteiger partial charge in [0.25, 0.3) is 5.69 Å². The number of methoxy groups -OCH3 is 1. The number of nitro groups is 1. The summed E-state index contributed by atoms with van der Waals surface area (Å²) in [4.78, 5) is 21.8. The third kappa shape index (κ3) is 3.28. The topological polar surface area (TPSA) is 93.2 Å². The second-order valence-electron chi connectivity index (χ2n) is 4.47. The average molecular weight is 262 g/mol. The first kappa shape index (κ1) is 14.6. The number of hydrogen-bond donors (Lipinski definition) is 0. The number of rotatable bonds is 5. The number of ketones is 1. The van der Waals surface area contributed by atoms with Gasteiger partial charge in [0.15, 0.2) is 0 Å². The summed E-state index contributed by atoms with van der Waals surface area (Å²) in [6.07, 6.45) is 0.108. The summed E-state index contributed by atoms with van der Waals surface area (Å²) < 4.78 is 4.98. The molecule has 0 spiro atoms. The molecule has 0 N–H and O–H groups in total. The van der Waals surface area contributed by atoms with Crippen molar-refractivity contribution in [2.45, 2.75) is 20.3 Å². The van der Waals surface area contributed by atoms with Crippen LogP contribution in [-0.4, -0.2) is 17.8 Å². The van der Waals surface area contributed by atoms with Crippen molar-refractivity contribution in [3.63, 3.8) is 0 Å². The molecule has 0 aliphatic carbocycles. The maximum absolute atomic E-state index is 11.5. The predicted molar refractivity (Wildman–Crippen MR) is 67.8 cm³/mol. The quantitative estimate of drug-likeness (QED) is 0.599. The van der Waals surface area contributed by atoms with Crippen LogP contribution in [0.15, 0.2) is 18.2 Å². The van der Waals surface area contributed by atoms with Crippen LogP contribution in [0, 0.1) is 26.9 Å². The summed E-state index contributed by atoms with van der Waals surface area (Å²) >= 11 is 0. The maximum atomic E-state index is 11.5. The van der Waals surface area contributed by atoms with Gasteiger partial charge in [-0.05, 0) is 31.9 Å². The van der Waals surface area contributed by atoms with Crippen molar-refractivity contribution in [2.75, 3.05) is 7.11 Å². The predicted octanol–water partition coefficient (Wildman–Crippen LogP) is 2.26. The van der Waals surface area contributed by atoms with Crippen molar-refractivity contribution in [2.24, 2.45) is 5.41 Å². The Kier molecular flexibility index (Phi) is 4.22. The Labute approximate surface area is 110 Å². The number of nitriles is 1. The zero-order valence-corrected chi connectivity index (χ0v) is 11.0. The summed E-state index contributed by atoms with van der Waals surface area (Å²) in [6, 6.07) is 6.18. The minimum Gasteiger partial charge on any atom is -0.496 e. The SMILES string of the molecule is COc1cc(CC(C)(C#N)C(C)=O)cc([N+](=O)[O-])c1. The molecule has 0 heterocycles. The third-order valence-electron chi connectivity index (χ3n) is 2.98. The van der Waals surface area contributed by atoms with Gasteiger partial charge >= 0.3 is 0 Å². The number of non-ortho nitro benzene ring substituents is 1. The number of benzene rings is 1. The monoisotopic (exact) mass is 262 g/mol. The van der Waals surface area contributed by atoms with E-state index in [1.165, 1.54) is 33.1 Å². The minimum absolute atomic E-state index is 0.108. The molecule has 1 aromatic carbocycles. The van der Waals surface area contributed by atoms with E-state index in [2.05, 4.69) is 0 Å². The minimum atomic E-state index is -1.19. The molecule has 0 radical (unpaired) electrons. The van der Waals surface area contributed by atoms with Crippen LogP contribution in [0.3, 0.4) is 0 Å². The van der Waals surface area contributed by atoms with E-state index >= 15 is 0 Å². The number of carbonyl (C=O) groups excluding carboxylic acids is 1. The Bertz CT molecular complexity index is 562. The molecule has 1 atom stereocenters. The molecule has 19 heavy (non-hydrogen) atoms. The van der Waals surface area contributed by atoms with Gasteiger partial charge in [-0.15, -0.1) is 0 Å². The smallest absolute Gasteiger partial charge is 0.273 e. The molecule has 1 rings (SSSR count). The zero-order valence-electron chi connectivity index (χ0n) is 11.0. The highest BCUT2D eigenvalue weighted by Crippen LogP contribution is 2.28. The molecule has 0 fully saturated rings. The number of nitro benzene ring substituents is 1. The summed E-state index contributed by atoms with van der Waals surface area (Å²) in [6.45, 7) is 2.85. The molecular formula is C13H14N2O4. The fourth-order valence-corrected chi connectivity index (χ4v) is 1.62. The molecule has 0 aromatic heterocycles. The van der Waals surface area contributed by atoms with Crippen LogP contribution < -0.4 is 4.74 Å². The summed E-state index contributed by atoms with van der Waals surface area (Å²) in [5, 5.41) is 19.9. The van der Waals surface area contributed by atoms with Crippen molar-refractivity contribution in [3.8, 4) is 11.8 Å². The molecule has 1 unspecified atom stereocenters. The van der Waals surface area contributed by atoms with Crippen LogP contribution in [0.25, 0.3) is 0 Å². The fraction of sp³-hybridized carbons (Fsp3) is 0.385. The average Bonchev–Trinajstić information content (AvgIpc) is 2.37. The molecule has 1 aromatic rings. The Morgan fingerprint density at radius 1 is 1.53 bits per heavy atom. The van der Waals surface area contributed by atoms with Crippen LogP contribution in [0.2, 0.25) is 0 Å². The fourth-order valence-electron chi connectivity index (χ4n) is 1.62. The molecule has 100 valence electrons. The second-order valence-corrected chi connectivity index (χ2v) is 4.47. The van der Waals surface area contributed by atoms with Crippen LogP contribution >= 0.6 is 0 Å². The lowest BCUT2D eigenvalue weighted by Crippen LogP contribution is -2.26. The standard InChI is InChI=1S/C13H14N2O4/c1-9(16)13(2,8-14)7-10-4-11(15(17)18)6-12(5-10)19-3/h4-6H,7H2,1-3H3. The summed E-state index contributed by atoms with van der Waals surface area (Å²) in [5.74, 6) is 0.0496. The van der Waals surface area contributed by atoms with Gasteiger partial charge in [-0.3, -0.25) is 14.9 Å². The first-order valence-corrected chi connectivity index (χ1v) is 5.57. The number of Topliss-reactive ketones (excluding diaryl/α,β-unsaturated/α-hetero) is 1. The molecule has 6 heteroatoms. The maximum Gasteiger partial charge on any atom is 0.273 e. The number of nitrogens with zero attached hydrogens (tertiary/aromatic N) is 2. The van der Waals surface area contributed by atoms with E-state index in [9.17, 15) is 14.9 Å². The van der Waals surface area contributed by atoms with Crippen LogP contribution in [0.1, 0.15) is 19.4 Å². The normalized spacial score (nSPS) is 13.2. The number of hydrogen-bond acceptors (Lipinski definition) is 5. The lowest BCUT2D eigenvalue weighted by Gasteiger charge is -2.18. The third-order valence-corrected chi connectivity index (χ3v) is 2.98. The van der Waals surface area contributed by atoms with E-state index in [1.807, 2.05) is 6.07 Å². The van der Waals surface area contributed by atoms with Crippen molar-refractivity contribution in [1.82, 2.24) is 0 Å². The molecule has 0 bridgehead atoms. The Balaban J connectivity index is 3.21. The van der Waals surface area contributed by atoms with Gasteiger partial charge < -0.3 is 4.74 Å². The van der Waals surface area contributed by atoms with Gasteiger partial charge in [0.1, 0.15) is 16.9 Å². The van der Waals surface area contributed by atoms with Crippen molar-refractivity contribution < 1.29 is 14.5 Å². The molecule has 0 saturated heterocycles. The Morgan fingerprint density at radius 2 is 2.16 bits per heavy atom. The van der Waals surface area contributed by atoms with Gasteiger partial charge in [0.05, 0.1) is 24.2 Å². The van der Waals surface area contributed by atoms with Crippen molar-refractivity contribution >= 4 is 11.5 Å². The largest absolute Gasteiger partial charge is 0.496 e. The molecular weight excluding hydrogens is 248 g/mol. The lowest BCUT2D eigenvalue weighted by molar-refractivity contribution is -0.385. The summed E-state index contributed by atoms with van der Waals surface area (Å²) in [7, 11) is 1.40. The highest BCUT2D eigenvalue weighted by atomic mass is 16.6. The Morgan fingerprint density at radius 3 is 2.58 bits per heavy atom. The van der Waals surface area contributed by atoms with Crippen LogP contribution in [-0.2, 0) is 11.2 Å². The van der Waals surface area contributed by atoms with Gasteiger partial charge in [0, 0.05) is 6.07 Å². The second kappa shape index (κ2) is 5.48. The van der Waals surface area contributed by atoms with Gasteiger partial charge in [-0.25, -0.2) is 0 Å². The Hall–Kier alpha value is -2.42. The van der Waals surface area contributed by atoms with E-state index in [-0.39, 0.29) is 17.9 Å².